The molecule has 2 heterocycles. The van der Waals surface area contributed by atoms with Gasteiger partial charge in [-0.3, -0.25) is 9.55 Å². The second-order valence-electron chi connectivity index (χ2n) is 6.74. The van der Waals surface area contributed by atoms with Gasteiger partial charge in [0.05, 0.1) is 17.2 Å². The molecule has 0 aliphatic rings. The van der Waals surface area contributed by atoms with E-state index in [4.69, 9.17) is 11.6 Å². The summed E-state index contributed by atoms with van der Waals surface area (Å²) < 4.78 is 27.2. The molecule has 31 heavy (non-hydrogen) atoms. The average molecular weight is 471 g/mol. The van der Waals surface area contributed by atoms with Crippen molar-refractivity contribution in [2.45, 2.75) is 16.6 Å². The third-order valence-electron chi connectivity index (χ3n) is 4.58. The molecule has 0 atom stereocenters. The Hall–Kier alpha value is -2.68. The third-order valence-corrected chi connectivity index (χ3v) is 7.79. The summed E-state index contributed by atoms with van der Waals surface area (Å²) in [4.78, 5) is 4.44. The average Bonchev–Trinajstić information content (AvgIpc) is 3.17. The molecule has 2 aromatic carbocycles. The summed E-state index contributed by atoms with van der Waals surface area (Å²) in [6.45, 7) is 0.574. The van der Waals surface area contributed by atoms with Crippen molar-refractivity contribution < 1.29 is 8.42 Å². The van der Waals surface area contributed by atoms with Crippen LogP contribution in [-0.2, 0) is 16.4 Å². The molecule has 4 aromatic rings. The molecule has 0 spiro atoms. The molecular weight excluding hydrogens is 452 g/mol. The van der Waals surface area contributed by atoms with E-state index < -0.39 is 9.84 Å². The molecule has 9 heteroatoms. The summed E-state index contributed by atoms with van der Waals surface area (Å²) in [7, 11) is -3.41. The molecule has 4 rings (SSSR count). The normalized spacial score (nSPS) is 11.5. The highest BCUT2D eigenvalue weighted by atomic mass is 35.5. The second-order valence-corrected chi connectivity index (χ2v) is 10.3. The molecule has 0 N–H and O–H groups in total. The summed E-state index contributed by atoms with van der Waals surface area (Å²) >= 11 is 7.23. The van der Waals surface area contributed by atoms with Gasteiger partial charge >= 0.3 is 0 Å². The molecule has 6 nitrogen and oxygen atoms in total. The minimum Gasteiger partial charge on any atom is -0.298 e. The maximum absolute atomic E-state index is 12.6. The zero-order chi connectivity index (χ0) is 21.7. The van der Waals surface area contributed by atoms with Gasteiger partial charge in [0.15, 0.2) is 20.8 Å². The van der Waals surface area contributed by atoms with E-state index in [9.17, 15) is 8.42 Å². The quantitative estimate of drug-likeness (QED) is 0.350. The molecule has 158 valence electrons. The summed E-state index contributed by atoms with van der Waals surface area (Å²) in [6.07, 6.45) is 3.45. The number of nitrogens with zero attached hydrogens (tertiary/aromatic N) is 4. The van der Waals surface area contributed by atoms with Gasteiger partial charge in [0.2, 0.25) is 0 Å². The van der Waals surface area contributed by atoms with Gasteiger partial charge in [0, 0.05) is 28.7 Å². The van der Waals surface area contributed by atoms with Gasteiger partial charge in [-0.05, 0) is 42.0 Å². The lowest BCUT2D eigenvalue weighted by Crippen LogP contribution is -2.10. The number of halogens is 1. The largest absolute Gasteiger partial charge is 0.298 e. The maximum Gasteiger partial charge on any atom is 0.191 e. The molecule has 0 unspecified atom stereocenters. The lowest BCUT2D eigenvalue weighted by Gasteiger charge is -2.10. The van der Waals surface area contributed by atoms with Crippen molar-refractivity contribution in [2.24, 2.45) is 0 Å². The molecule has 0 saturated heterocycles. The highest BCUT2D eigenvalue weighted by Gasteiger charge is 2.18. The molecule has 0 saturated carbocycles. The van der Waals surface area contributed by atoms with E-state index in [0.717, 1.165) is 11.1 Å². The molecule has 2 aromatic heterocycles. The zero-order valence-electron chi connectivity index (χ0n) is 16.4. The van der Waals surface area contributed by atoms with Crippen molar-refractivity contribution in [3.8, 4) is 11.4 Å². The van der Waals surface area contributed by atoms with Gasteiger partial charge in [-0.2, -0.15) is 0 Å². The lowest BCUT2D eigenvalue weighted by molar-refractivity contribution is 0.597. The van der Waals surface area contributed by atoms with E-state index in [0.29, 0.717) is 28.3 Å². The van der Waals surface area contributed by atoms with Crippen LogP contribution in [0.4, 0.5) is 0 Å². The monoisotopic (exact) mass is 470 g/mol. The number of hydrogen-bond donors (Lipinski definition) is 0. The van der Waals surface area contributed by atoms with E-state index in [-0.39, 0.29) is 10.6 Å². The SMILES string of the molecule is O=S(=O)(CCSc1nnc(-c2cccnc2)n1Cc1ccccc1)c1ccc(Cl)cc1. The Kier molecular flexibility index (Phi) is 6.70. The Bertz CT molecular complexity index is 1250. The fourth-order valence-corrected chi connectivity index (χ4v) is 5.73. The lowest BCUT2D eigenvalue weighted by atomic mass is 10.2. The van der Waals surface area contributed by atoms with Crippen molar-refractivity contribution in [3.05, 3.63) is 89.7 Å². The Morgan fingerprint density at radius 3 is 2.42 bits per heavy atom. The fourth-order valence-electron chi connectivity index (χ4n) is 3.02. The van der Waals surface area contributed by atoms with Crippen molar-refractivity contribution in [3.63, 3.8) is 0 Å². The van der Waals surface area contributed by atoms with Crippen molar-refractivity contribution in [1.29, 1.82) is 0 Å². The number of hydrogen-bond acceptors (Lipinski definition) is 6. The van der Waals surface area contributed by atoms with Crippen molar-refractivity contribution in [1.82, 2.24) is 19.7 Å². The number of rotatable bonds is 8. The van der Waals surface area contributed by atoms with Crippen LogP contribution in [0.5, 0.6) is 0 Å². The maximum atomic E-state index is 12.6. The first-order valence-electron chi connectivity index (χ1n) is 9.51. The smallest absolute Gasteiger partial charge is 0.191 e. The van der Waals surface area contributed by atoms with Crippen LogP contribution in [-0.4, -0.2) is 39.7 Å². The summed E-state index contributed by atoms with van der Waals surface area (Å²) in [5.74, 6) is 1.03. The van der Waals surface area contributed by atoms with Crippen LogP contribution in [0.2, 0.25) is 5.02 Å². The third kappa shape index (κ3) is 5.33. The van der Waals surface area contributed by atoms with Gasteiger partial charge in [0.1, 0.15) is 0 Å². The first-order chi connectivity index (χ1) is 15.0. The van der Waals surface area contributed by atoms with Crippen LogP contribution < -0.4 is 0 Å². The Labute approximate surface area is 190 Å². The van der Waals surface area contributed by atoms with E-state index >= 15 is 0 Å². The molecule has 0 fully saturated rings. The highest BCUT2D eigenvalue weighted by Crippen LogP contribution is 2.25. The van der Waals surface area contributed by atoms with Crippen LogP contribution in [0.25, 0.3) is 11.4 Å². The second kappa shape index (κ2) is 9.64. The topological polar surface area (TPSA) is 77.7 Å². The van der Waals surface area contributed by atoms with E-state index in [2.05, 4.69) is 15.2 Å². The predicted octanol–water partition coefficient (Wildman–Crippen LogP) is 4.61. The minimum absolute atomic E-state index is 0.0142. The van der Waals surface area contributed by atoms with Crippen LogP contribution >= 0.6 is 23.4 Å². The standard InChI is InChI=1S/C22H19ClN4O2S2/c23-19-8-10-20(11-9-19)31(28,29)14-13-30-22-26-25-21(18-7-4-12-24-15-18)27(22)16-17-5-2-1-3-6-17/h1-12,15H,13-14,16H2. The van der Waals surface area contributed by atoms with E-state index in [1.807, 2.05) is 47.0 Å². The highest BCUT2D eigenvalue weighted by molar-refractivity contribution is 8.00. The summed E-state index contributed by atoms with van der Waals surface area (Å²) in [5.41, 5.74) is 1.95. The Morgan fingerprint density at radius 1 is 0.935 bits per heavy atom. The van der Waals surface area contributed by atoms with Crippen LogP contribution in [0.3, 0.4) is 0 Å². The Morgan fingerprint density at radius 2 is 1.71 bits per heavy atom. The van der Waals surface area contributed by atoms with Gasteiger partial charge in [-0.25, -0.2) is 8.42 Å². The van der Waals surface area contributed by atoms with E-state index in [1.165, 1.54) is 23.9 Å². The number of pyridine rings is 1. The van der Waals surface area contributed by atoms with Gasteiger partial charge in [0.25, 0.3) is 0 Å². The van der Waals surface area contributed by atoms with Crippen LogP contribution in [0.1, 0.15) is 5.56 Å². The number of thioether (sulfide) groups is 1. The molecule has 0 radical (unpaired) electrons. The zero-order valence-corrected chi connectivity index (χ0v) is 18.8. The first-order valence-corrected chi connectivity index (χ1v) is 12.5. The minimum atomic E-state index is -3.41. The van der Waals surface area contributed by atoms with Gasteiger partial charge in [-0.15, -0.1) is 10.2 Å². The summed E-state index contributed by atoms with van der Waals surface area (Å²) in [6, 6.07) is 20.0. The summed E-state index contributed by atoms with van der Waals surface area (Å²) in [5, 5.41) is 9.85. The van der Waals surface area contributed by atoms with Gasteiger partial charge in [-0.1, -0.05) is 53.7 Å². The van der Waals surface area contributed by atoms with Crippen LogP contribution in [0.15, 0.2) is 89.2 Å². The van der Waals surface area contributed by atoms with Gasteiger partial charge < -0.3 is 0 Å². The van der Waals surface area contributed by atoms with Crippen molar-refractivity contribution in [2.75, 3.05) is 11.5 Å². The number of benzene rings is 2. The first kappa shape index (κ1) is 21.5. The molecule has 0 bridgehead atoms. The predicted molar refractivity (Wildman–Crippen MR) is 123 cm³/mol. The Balaban J connectivity index is 1.55. The molecule has 0 amide bonds. The van der Waals surface area contributed by atoms with Crippen molar-refractivity contribution >= 4 is 33.2 Å². The van der Waals surface area contributed by atoms with E-state index in [1.54, 1.807) is 24.5 Å². The fraction of sp³-hybridized carbons (Fsp3) is 0.136. The molecule has 0 aliphatic carbocycles. The number of sulfone groups is 1. The molecule has 0 aliphatic heterocycles. The number of aromatic nitrogens is 4. The molecular formula is C22H19ClN4O2S2. The van der Waals surface area contributed by atoms with Crippen LogP contribution in [0, 0.1) is 0 Å².